The molecular weight excluding hydrogens is 319 g/mol. The molecule has 0 saturated carbocycles. The van der Waals surface area contributed by atoms with Crippen LogP contribution in [-0.2, 0) is 4.79 Å². The summed E-state index contributed by atoms with van der Waals surface area (Å²) in [6.07, 6.45) is 2.91. The molecule has 1 aliphatic heterocycles. The molecule has 6 heteroatoms. The van der Waals surface area contributed by atoms with Crippen LogP contribution in [0.5, 0.6) is 0 Å². The van der Waals surface area contributed by atoms with Crippen molar-refractivity contribution in [2.45, 2.75) is 18.8 Å². The number of piperidine rings is 1. The number of nitrogens with zero attached hydrogens (tertiary/aromatic N) is 3. The van der Waals surface area contributed by atoms with E-state index in [9.17, 15) is 9.18 Å². The van der Waals surface area contributed by atoms with E-state index in [1.54, 1.807) is 30.3 Å². The highest BCUT2D eigenvalue weighted by molar-refractivity contribution is 5.81. The molecular formula is C19H19FN4O. The van der Waals surface area contributed by atoms with Crippen LogP contribution in [0, 0.1) is 17.1 Å². The molecule has 2 aromatic rings. The minimum absolute atomic E-state index is 0.0508. The summed E-state index contributed by atoms with van der Waals surface area (Å²) in [5, 5.41) is 11.9. The maximum Gasteiger partial charge on any atom is 0.241 e. The van der Waals surface area contributed by atoms with Gasteiger partial charge in [0.25, 0.3) is 0 Å². The first-order valence-electron chi connectivity index (χ1n) is 8.29. The second-order valence-corrected chi connectivity index (χ2v) is 6.10. The van der Waals surface area contributed by atoms with Crippen LogP contribution in [0.25, 0.3) is 0 Å². The highest BCUT2D eigenvalue weighted by Crippen LogP contribution is 2.26. The lowest BCUT2D eigenvalue weighted by Gasteiger charge is -2.32. The maximum absolute atomic E-state index is 13.0. The molecule has 5 nitrogen and oxygen atoms in total. The van der Waals surface area contributed by atoms with Gasteiger partial charge in [-0.1, -0.05) is 0 Å². The smallest absolute Gasteiger partial charge is 0.241 e. The number of nitrogens with one attached hydrogen (secondary N) is 1. The van der Waals surface area contributed by atoms with Gasteiger partial charge in [-0.15, -0.1) is 0 Å². The van der Waals surface area contributed by atoms with E-state index >= 15 is 0 Å². The third-order valence-corrected chi connectivity index (χ3v) is 4.47. The molecule has 0 unspecified atom stereocenters. The van der Waals surface area contributed by atoms with Gasteiger partial charge in [-0.25, -0.2) is 4.39 Å². The minimum atomic E-state index is -0.328. The van der Waals surface area contributed by atoms with Crippen molar-refractivity contribution < 1.29 is 9.18 Å². The molecule has 0 radical (unpaired) electrons. The number of carbonyl (C=O) groups is 1. The van der Waals surface area contributed by atoms with E-state index in [0.717, 1.165) is 24.2 Å². The van der Waals surface area contributed by atoms with Gasteiger partial charge in [0.2, 0.25) is 5.91 Å². The zero-order valence-electron chi connectivity index (χ0n) is 13.8. The van der Waals surface area contributed by atoms with Crippen LogP contribution in [0.2, 0.25) is 0 Å². The highest BCUT2D eigenvalue weighted by atomic mass is 19.1. The van der Waals surface area contributed by atoms with Crippen LogP contribution >= 0.6 is 0 Å². The molecule has 0 spiro atoms. The summed E-state index contributed by atoms with van der Waals surface area (Å²) in [6.45, 7) is 1.58. The lowest BCUT2D eigenvalue weighted by molar-refractivity contribution is -0.130. The number of carbonyl (C=O) groups excluding carboxylic acids is 1. The second kappa shape index (κ2) is 7.75. The van der Waals surface area contributed by atoms with Crippen molar-refractivity contribution in [1.29, 1.82) is 5.26 Å². The molecule has 1 aliphatic rings. The molecule has 1 fully saturated rings. The number of hydrogen-bond donors (Lipinski definition) is 1. The van der Waals surface area contributed by atoms with E-state index in [1.165, 1.54) is 12.3 Å². The van der Waals surface area contributed by atoms with Crippen LogP contribution in [0.3, 0.4) is 0 Å². The molecule has 1 N–H and O–H groups in total. The Hall–Kier alpha value is -2.94. The number of anilines is 1. The molecule has 25 heavy (non-hydrogen) atoms. The van der Waals surface area contributed by atoms with E-state index in [0.29, 0.717) is 18.7 Å². The van der Waals surface area contributed by atoms with Gasteiger partial charge in [0.05, 0.1) is 24.4 Å². The molecule has 0 bridgehead atoms. The number of amides is 1. The summed E-state index contributed by atoms with van der Waals surface area (Å²) in [5.41, 5.74) is 2.30. The van der Waals surface area contributed by atoms with E-state index in [-0.39, 0.29) is 24.2 Å². The molecule has 3 rings (SSSR count). The minimum Gasteiger partial charge on any atom is -0.376 e. The van der Waals surface area contributed by atoms with E-state index in [4.69, 9.17) is 5.26 Å². The average molecular weight is 338 g/mol. The Balaban J connectivity index is 1.48. The first-order chi connectivity index (χ1) is 12.2. The number of likely N-dealkylation sites (tertiary alicyclic amines) is 1. The number of nitriles is 1. The summed E-state index contributed by atoms with van der Waals surface area (Å²) in [7, 11) is 0. The average Bonchev–Trinajstić information content (AvgIpc) is 2.67. The molecule has 1 aromatic carbocycles. The van der Waals surface area contributed by atoms with Crippen molar-refractivity contribution in [1.82, 2.24) is 9.88 Å². The first kappa shape index (κ1) is 16.9. The monoisotopic (exact) mass is 338 g/mol. The predicted octanol–water partition coefficient (Wildman–Crippen LogP) is 2.91. The van der Waals surface area contributed by atoms with Crippen LogP contribution in [0.15, 0.2) is 42.6 Å². The Morgan fingerprint density at radius 3 is 2.56 bits per heavy atom. The van der Waals surface area contributed by atoms with Crippen LogP contribution in [0.4, 0.5) is 10.1 Å². The fourth-order valence-electron chi connectivity index (χ4n) is 3.01. The quantitative estimate of drug-likeness (QED) is 0.931. The van der Waals surface area contributed by atoms with Gasteiger partial charge in [0, 0.05) is 30.4 Å². The highest BCUT2D eigenvalue weighted by Gasteiger charge is 2.24. The van der Waals surface area contributed by atoms with Crippen molar-refractivity contribution in [3.8, 4) is 6.07 Å². The zero-order chi connectivity index (χ0) is 17.6. The molecule has 128 valence electrons. The fourth-order valence-corrected chi connectivity index (χ4v) is 3.01. The summed E-state index contributed by atoms with van der Waals surface area (Å²) < 4.78 is 13.0. The van der Waals surface area contributed by atoms with Gasteiger partial charge in [-0.2, -0.15) is 5.26 Å². The molecule has 1 aromatic heterocycles. The summed E-state index contributed by atoms with van der Waals surface area (Å²) in [6, 6.07) is 12.2. The predicted molar refractivity (Wildman–Crippen MR) is 92.4 cm³/mol. The van der Waals surface area contributed by atoms with Crippen molar-refractivity contribution in [2.75, 3.05) is 25.0 Å². The molecule has 0 aliphatic carbocycles. The van der Waals surface area contributed by atoms with Crippen molar-refractivity contribution in [2.24, 2.45) is 0 Å². The Bertz CT molecular complexity index is 760. The van der Waals surface area contributed by atoms with Gasteiger partial charge in [0.1, 0.15) is 5.82 Å². The van der Waals surface area contributed by atoms with Crippen molar-refractivity contribution in [3.63, 3.8) is 0 Å². The van der Waals surface area contributed by atoms with Gasteiger partial charge < -0.3 is 10.2 Å². The normalized spacial score (nSPS) is 14.8. The van der Waals surface area contributed by atoms with Crippen LogP contribution in [-0.4, -0.2) is 35.4 Å². The Morgan fingerprint density at radius 2 is 1.96 bits per heavy atom. The molecule has 0 atom stereocenters. The number of benzene rings is 1. The van der Waals surface area contributed by atoms with Crippen LogP contribution in [0.1, 0.15) is 30.0 Å². The second-order valence-electron chi connectivity index (χ2n) is 6.10. The Morgan fingerprint density at radius 1 is 1.24 bits per heavy atom. The van der Waals surface area contributed by atoms with Crippen molar-refractivity contribution in [3.05, 3.63) is 59.7 Å². The number of pyridine rings is 1. The lowest BCUT2D eigenvalue weighted by Crippen LogP contribution is -2.41. The topological polar surface area (TPSA) is 69.0 Å². The van der Waals surface area contributed by atoms with Crippen LogP contribution < -0.4 is 5.32 Å². The number of aromatic nitrogens is 1. The number of halogens is 1. The number of hydrogen-bond acceptors (Lipinski definition) is 4. The van der Waals surface area contributed by atoms with Gasteiger partial charge >= 0.3 is 0 Å². The molecule has 2 heterocycles. The molecule has 1 amide bonds. The van der Waals surface area contributed by atoms with Gasteiger partial charge in [-0.3, -0.25) is 9.78 Å². The third kappa shape index (κ3) is 4.32. The standard InChI is InChI=1S/C19H19FN4O/c20-16-3-6-18(23-12-16)15-7-9-24(10-8-15)19(25)13-22-17-4-1-14(11-21)2-5-17/h1-6,12,15,22H,7-10,13H2. The Labute approximate surface area is 146 Å². The maximum atomic E-state index is 13.0. The molecule has 1 saturated heterocycles. The zero-order valence-corrected chi connectivity index (χ0v) is 13.8. The Kier molecular flexibility index (Phi) is 5.24. The van der Waals surface area contributed by atoms with Gasteiger partial charge in [-0.05, 0) is 49.2 Å². The summed E-state index contributed by atoms with van der Waals surface area (Å²) in [5.74, 6) is -0.00347. The fraction of sp³-hybridized carbons (Fsp3) is 0.316. The lowest BCUT2D eigenvalue weighted by atomic mass is 9.93. The van der Waals surface area contributed by atoms with E-state index < -0.39 is 0 Å². The first-order valence-corrected chi connectivity index (χ1v) is 8.29. The number of rotatable bonds is 4. The summed E-state index contributed by atoms with van der Waals surface area (Å²) in [4.78, 5) is 18.3. The van der Waals surface area contributed by atoms with E-state index in [2.05, 4.69) is 16.4 Å². The van der Waals surface area contributed by atoms with Crippen molar-refractivity contribution >= 4 is 11.6 Å². The SMILES string of the molecule is N#Cc1ccc(NCC(=O)N2CCC(c3ccc(F)cn3)CC2)cc1. The third-order valence-electron chi connectivity index (χ3n) is 4.47. The summed E-state index contributed by atoms with van der Waals surface area (Å²) >= 11 is 0. The van der Waals surface area contributed by atoms with E-state index in [1.807, 2.05) is 4.90 Å². The largest absolute Gasteiger partial charge is 0.376 e. The van der Waals surface area contributed by atoms with Gasteiger partial charge in [0.15, 0.2) is 0 Å².